The second-order valence-corrected chi connectivity index (χ2v) is 7.22. The first-order chi connectivity index (χ1) is 9.83. The lowest BCUT2D eigenvalue weighted by molar-refractivity contribution is 0.403. The smallest absolute Gasteiger partial charge is 0.186 e. The third-order valence-corrected chi connectivity index (χ3v) is 5.32. The fourth-order valence-electron chi connectivity index (χ4n) is 1.86. The maximum Gasteiger partial charge on any atom is 0.186 e. The van der Waals surface area contributed by atoms with Gasteiger partial charge in [0.15, 0.2) is 9.84 Å². The molecule has 2 N–H and O–H groups in total. The third-order valence-electron chi connectivity index (χ3n) is 2.88. The number of nitrogens with two attached hydrogens (primary N) is 1. The van der Waals surface area contributed by atoms with Crippen molar-refractivity contribution in [3.05, 3.63) is 52.3 Å². The van der Waals surface area contributed by atoms with E-state index < -0.39 is 15.7 Å². The van der Waals surface area contributed by atoms with Gasteiger partial charge in [-0.25, -0.2) is 12.8 Å². The zero-order valence-electron chi connectivity index (χ0n) is 11.1. The molecule has 0 amide bonds. The van der Waals surface area contributed by atoms with Gasteiger partial charge in [-0.3, -0.25) is 0 Å². The Kier molecular flexibility index (Phi) is 4.53. The fraction of sp³-hybridized carbons (Fsp3) is 0.143. The summed E-state index contributed by atoms with van der Waals surface area (Å²) in [5.74, 6) is -0.518. The van der Waals surface area contributed by atoms with E-state index in [1.165, 1.54) is 43.5 Å². The van der Waals surface area contributed by atoms with Crippen molar-refractivity contribution in [1.29, 1.82) is 0 Å². The minimum atomic E-state index is -3.64. The number of benzene rings is 2. The predicted octanol–water partition coefficient (Wildman–Crippen LogP) is 3.15. The Morgan fingerprint density at radius 3 is 2.57 bits per heavy atom. The van der Waals surface area contributed by atoms with Gasteiger partial charge in [0.05, 0.1) is 12.9 Å². The zero-order chi connectivity index (χ0) is 15.6. The van der Waals surface area contributed by atoms with Crippen molar-refractivity contribution in [2.24, 2.45) is 0 Å². The minimum Gasteiger partial charge on any atom is -0.495 e. The summed E-state index contributed by atoms with van der Waals surface area (Å²) < 4.78 is 43.5. The van der Waals surface area contributed by atoms with Gasteiger partial charge in [0.1, 0.15) is 16.5 Å². The lowest BCUT2D eigenvalue weighted by Crippen LogP contribution is -2.08. The maximum atomic E-state index is 13.1. The molecule has 0 aliphatic carbocycles. The van der Waals surface area contributed by atoms with Crippen molar-refractivity contribution in [3.63, 3.8) is 0 Å². The molecule has 0 radical (unpaired) electrons. The SMILES string of the molecule is COc1cc(N)ccc1S(=O)(=O)Cc1ccc(F)cc1Br. The molecule has 0 saturated carbocycles. The molecule has 0 bridgehead atoms. The first-order valence-corrected chi connectivity index (χ1v) is 8.38. The molecule has 0 aliphatic rings. The van der Waals surface area contributed by atoms with Gasteiger partial charge in [-0.1, -0.05) is 22.0 Å². The Hall–Kier alpha value is -1.60. The summed E-state index contributed by atoms with van der Waals surface area (Å²) in [4.78, 5) is 0.0513. The number of ether oxygens (including phenoxy) is 1. The average Bonchev–Trinajstić information content (AvgIpc) is 2.41. The highest BCUT2D eigenvalue weighted by molar-refractivity contribution is 9.10. The number of sulfone groups is 1. The molecule has 0 aliphatic heterocycles. The van der Waals surface area contributed by atoms with Crippen molar-refractivity contribution >= 4 is 31.5 Å². The molecule has 2 aromatic rings. The molecule has 0 atom stereocenters. The number of hydrogen-bond acceptors (Lipinski definition) is 4. The van der Waals surface area contributed by atoms with Crippen LogP contribution in [0.15, 0.2) is 45.8 Å². The molecule has 2 rings (SSSR count). The average molecular weight is 374 g/mol. The molecule has 21 heavy (non-hydrogen) atoms. The van der Waals surface area contributed by atoms with E-state index in [4.69, 9.17) is 10.5 Å². The summed E-state index contributed by atoms with van der Waals surface area (Å²) in [6, 6.07) is 8.23. The molecule has 0 heterocycles. The third kappa shape index (κ3) is 3.54. The maximum absolute atomic E-state index is 13.1. The number of halogens is 2. The van der Waals surface area contributed by atoms with Gasteiger partial charge in [0.25, 0.3) is 0 Å². The second kappa shape index (κ2) is 6.03. The van der Waals surface area contributed by atoms with Crippen LogP contribution in [-0.4, -0.2) is 15.5 Å². The van der Waals surface area contributed by atoms with E-state index >= 15 is 0 Å². The highest BCUT2D eigenvalue weighted by atomic mass is 79.9. The molecule has 4 nitrogen and oxygen atoms in total. The van der Waals surface area contributed by atoms with E-state index in [0.717, 1.165) is 0 Å². The quantitative estimate of drug-likeness (QED) is 0.835. The van der Waals surface area contributed by atoms with Crippen LogP contribution < -0.4 is 10.5 Å². The molecule has 0 saturated heterocycles. The van der Waals surface area contributed by atoms with Gasteiger partial charge in [-0.15, -0.1) is 0 Å². The number of nitrogen functional groups attached to an aromatic ring is 1. The van der Waals surface area contributed by atoms with Gasteiger partial charge in [0.2, 0.25) is 0 Å². The molecular weight excluding hydrogens is 361 g/mol. The van der Waals surface area contributed by atoms with Crippen LogP contribution in [0.3, 0.4) is 0 Å². The number of anilines is 1. The number of hydrogen-bond donors (Lipinski definition) is 1. The summed E-state index contributed by atoms with van der Waals surface area (Å²) in [5.41, 5.74) is 6.49. The van der Waals surface area contributed by atoms with Gasteiger partial charge >= 0.3 is 0 Å². The number of rotatable bonds is 4. The molecule has 0 aromatic heterocycles. The minimum absolute atomic E-state index is 0.0513. The first-order valence-electron chi connectivity index (χ1n) is 5.93. The predicted molar refractivity (Wildman–Crippen MR) is 82.4 cm³/mol. The summed E-state index contributed by atoms with van der Waals surface area (Å²) in [7, 11) is -2.26. The van der Waals surface area contributed by atoms with E-state index in [2.05, 4.69) is 15.9 Å². The van der Waals surface area contributed by atoms with Gasteiger partial charge in [-0.05, 0) is 29.8 Å². The van der Waals surface area contributed by atoms with E-state index in [0.29, 0.717) is 15.7 Å². The standard InChI is InChI=1S/C14H13BrFNO3S/c1-20-13-7-11(17)4-5-14(13)21(18,19)8-9-2-3-10(16)6-12(9)15/h2-7H,8,17H2,1H3. The first kappa shape index (κ1) is 15.8. The van der Waals surface area contributed by atoms with Crippen LogP contribution in [0.4, 0.5) is 10.1 Å². The molecule has 0 fully saturated rings. The highest BCUT2D eigenvalue weighted by Crippen LogP contribution is 2.30. The van der Waals surface area contributed by atoms with Crippen molar-refractivity contribution in [2.45, 2.75) is 10.6 Å². The fourth-order valence-corrected chi connectivity index (χ4v) is 4.08. The topological polar surface area (TPSA) is 69.4 Å². The van der Waals surface area contributed by atoms with Gasteiger partial charge in [0, 0.05) is 16.2 Å². The Morgan fingerprint density at radius 2 is 1.95 bits per heavy atom. The number of methoxy groups -OCH3 is 1. The van der Waals surface area contributed by atoms with E-state index in [1.54, 1.807) is 0 Å². The summed E-state index contributed by atoms with van der Waals surface area (Å²) in [6.45, 7) is 0. The van der Waals surface area contributed by atoms with Crippen LogP contribution in [-0.2, 0) is 15.6 Å². The Morgan fingerprint density at radius 1 is 1.24 bits per heavy atom. The van der Waals surface area contributed by atoms with Crippen LogP contribution in [0, 0.1) is 5.82 Å². The lowest BCUT2D eigenvalue weighted by Gasteiger charge is -2.11. The van der Waals surface area contributed by atoms with Gasteiger partial charge in [-0.2, -0.15) is 0 Å². The van der Waals surface area contributed by atoms with Crippen LogP contribution >= 0.6 is 15.9 Å². The lowest BCUT2D eigenvalue weighted by atomic mass is 10.2. The van der Waals surface area contributed by atoms with Crippen molar-refractivity contribution in [2.75, 3.05) is 12.8 Å². The molecular formula is C14H13BrFNO3S. The summed E-state index contributed by atoms with van der Waals surface area (Å²) >= 11 is 3.16. The second-order valence-electron chi connectivity index (χ2n) is 4.41. The van der Waals surface area contributed by atoms with E-state index in [1.807, 2.05) is 0 Å². The van der Waals surface area contributed by atoms with E-state index in [-0.39, 0.29) is 16.4 Å². The van der Waals surface area contributed by atoms with Gasteiger partial charge < -0.3 is 10.5 Å². The molecule has 112 valence electrons. The van der Waals surface area contributed by atoms with E-state index in [9.17, 15) is 12.8 Å². The highest BCUT2D eigenvalue weighted by Gasteiger charge is 2.21. The Balaban J connectivity index is 2.43. The normalized spacial score (nSPS) is 11.4. The molecule has 7 heteroatoms. The van der Waals surface area contributed by atoms with Crippen molar-refractivity contribution in [3.8, 4) is 5.75 Å². The Bertz CT molecular complexity index is 778. The summed E-state index contributed by atoms with van der Waals surface area (Å²) in [5, 5.41) is 0. The van der Waals surface area contributed by atoms with Crippen molar-refractivity contribution < 1.29 is 17.5 Å². The van der Waals surface area contributed by atoms with Crippen LogP contribution in [0.1, 0.15) is 5.56 Å². The molecule has 0 spiro atoms. The molecule has 2 aromatic carbocycles. The van der Waals surface area contributed by atoms with Crippen molar-refractivity contribution in [1.82, 2.24) is 0 Å². The summed E-state index contributed by atoms with van der Waals surface area (Å²) in [6.07, 6.45) is 0. The van der Waals surface area contributed by atoms with Crippen LogP contribution in [0.2, 0.25) is 0 Å². The van der Waals surface area contributed by atoms with Crippen LogP contribution in [0.5, 0.6) is 5.75 Å². The Labute approximate surface area is 130 Å². The largest absolute Gasteiger partial charge is 0.495 e. The van der Waals surface area contributed by atoms with Crippen LogP contribution in [0.25, 0.3) is 0 Å². The zero-order valence-corrected chi connectivity index (χ0v) is 13.5. The molecule has 0 unspecified atom stereocenters. The monoisotopic (exact) mass is 373 g/mol.